The Bertz CT molecular complexity index is 741. The van der Waals surface area contributed by atoms with Crippen molar-refractivity contribution in [3.63, 3.8) is 0 Å². The van der Waals surface area contributed by atoms with Gasteiger partial charge in [0.25, 0.3) is 0 Å². The van der Waals surface area contributed by atoms with Crippen molar-refractivity contribution >= 4 is 17.6 Å². The van der Waals surface area contributed by atoms with Gasteiger partial charge in [-0.1, -0.05) is 24.3 Å². The van der Waals surface area contributed by atoms with Crippen LogP contribution in [0.3, 0.4) is 0 Å². The molecule has 2 saturated heterocycles. The molecular weight excluding hydrogens is 306 g/mol. The zero-order chi connectivity index (χ0) is 17.1. The smallest absolute Gasteiger partial charge is 0.313 e. The molecule has 1 aromatic carbocycles. The highest BCUT2D eigenvalue weighted by molar-refractivity contribution is 6.02. The van der Waals surface area contributed by atoms with Crippen LogP contribution in [0.2, 0.25) is 0 Å². The van der Waals surface area contributed by atoms with Crippen molar-refractivity contribution in [3.8, 4) is 0 Å². The van der Waals surface area contributed by atoms with Gasteiger partial charge in [-0.05, 0) is 38.5 Å². The van der Waals surface area contributed by atoms with Crippen LogP contribution >= 0.6 is 0 Å². The van der Waals surface area contributed by atoms with Crippen LogP contribution < -0.4 is 4.90 Å². The molecule has 1 amide bonds. The lowest BCUT2D eigenvalue weighted by Crippen LogP contribution is -2.40. The van der Waals surface area contributed by atoms with Gasteiger partial charge in [0.1, 0.15) is 11.5 Å². The van der Waals surface area contributed by atoms with Gasteiger partial charge in [-0.3, -0.25) is 9.59 Å². The molecule has 0 aliphatic carbocycles. The van der Waals surface area contributed by atoms with E-state index in [9.17, 15) is 9.59 Å². The van der Waals surface area contributed by atoms with Crippen LogP contribution in [-0.2, 0) is 19.1 Å². The van der Waals surface area contributed by atoms with E-state index in [-0.39, 0.29) is 24.1 Å². The molecule has 2 fully saturated rings. The lowest BCUT2D eigenvalue weighted by atomic mass is 9.77. The summed E-state index contributed by atoms with van der Waals surface area (Å²) in [5.74, 6) is -1.46. The predicted molar refractivity (Wildman–Crippen MR) is 88.5 cm³/mol. The van der Waals surface area contributed by atoms with Gasteiger partial charge in [-0.2, -0.15) is 0 Å². The van der Waals surface area contributed by atoms with Gasteiger partial charge in [-0.15, -0.1) is 0 Å². The van der Waals surface area contributed by atoms with Crippen LogP contribution in [0.25, 0.3) is 0 Å². The predicted octanol–water partition coefficient (Wildman–Crippen LogP) is 2.23. The minimum atomic E-state index is -0.702. The summed E-state index contributed by atoms with van der Waals surface area (Å²) in [6.07, 6.45) is 3.29. The average Bonchev–Trinajstić information content (AvgIpc) is 3.15. The first-order chi connectivity index (χ1) is 11.4. The Balaban J connectivity index is 1.68. The molecule has 1 spiro atoms. The van der Waals surface area contributed by atoms with Crippen LogP contribution in [0.4, 0.5) is 5.69 Å². The van der Waals surface area contributed by atoms with Gasteiger partial charge in [0.2, 0.25) is 5.91 Å². The third-order valence-corrected chi connectivity index (χ3v) is 5.04. The molecule has 0 aromatic heterocycles. The third-order valence-electron chi connectivity index (χ3n) is 5.04. The second-order valence-electron chi connectivity index (χ2n) is 7.15. The maximum absolute atomic E-state index is 13.1. The highest BCUT2D eigenvalue weighted by Crippen LogP contribution is 2.52. The van der Waals surface area contributed by atoms with Crippen molar-refractivity contribution in [2.45, 2.75) is 38.6 Å². The van der Waals surface area contributed by atoms with E-state index in [0.29, 0.717) is 6.54 Å². The van der Waals surface area contributed by atoms with E-state index < -0.39 is 17.4 Å². The largest absolute Gasteiger partial charge is 0.463 e. The number of nitrogens with zero attached hydrogens (tertiary/aromatic N) is 1. The van der Waals surface area contributed by atoms with Crippen molar-refractivity contribution in [1.29, 1.82) is 0 Å². The van der Waals surface area contributed by atoms with Crippen LogP contribution in [0.1, 0.15) is 19.4 Å². The number of anilines is 1. The van der Waals surface area contributed by atoms with Crippen LogP contribution in [-0.4, -0.2) is 36.2 Å². The molecule has 3 aliphatic heterocycles. The molecule has 0 unspecified atom stereocenters. The maximum Gasteiger partial charge on any atom is 0.313 e. The molecule has 126 valence electrons. The molecule has 3 heterocycles. The number of carbonyl (C=O) groups is 2. The molecule has 0 saturated carbocycles. The Morgan fingerprint density at radius 2 is 2.21 bits per heavy atom. The second-order valence-corrected chi connectivity index (χ2v) is 7.15. The second kappa shape index (κ2) is 5.18. The maximum atomic E-state index is 13.1. The van der Waals surface area contributed by atoms with Crippen molar-refractivity contribution < 1.29 is 19.1 Å². The molecule has 2 bridgehead atoms. The SMILES string of the molecule is Cc1cccc(N2C[C@@]34C=C[C@H](O3)[C@H](C(=O)OC(C)C)[C@@H]4C2=O)c1. The van der Waals surface area contributed by atoms with Gasteiger partial charge in [0.15, 0.2) is 0 Å². The van der Waals surface area contributed by atoms with E-state index in [2.05, 4.69) is 0 Å². The van der Waals surface area contributed by atoms with Crippen LogP contribution in [0.15, 0.2) is 36.4 Å². The fraction of sp³-hybridized carbons (Fsp3) is 0.474. The molecule has 0 N–H and O–H groups in total. The van der Waals surface area contributed by atoms with Crippen molar-refractivity contribution in [3.05, 3.63) is 42.0 Å². The average molecular weight is 327 g/mol. The summed E-state index contributed by atoms with van der Waals surface area (Å²) in [6.45, 7) is 6.06. The van der Waals surface area contributed by atoms with Gasteiger partial charge >= 0.3 is 5.97 Å². The number of amides is 1. The van der Waals surface area contributed by atoms with Gasteiger partial charge < -0.3 is 14.4 Å². The number of rotatable bonds is 3. The summed E-state index contributed by atoms with van der Waals surface area (Å²) in [6, 6.07) is 7.82. The Morgan fingerprint density at radius 3 is 2.92 bits per heavy atom. The summed E-state index contributed by atoms with van der Waals surface area (Å²) in [7, 11) is 0. The third kappa shape index (κ3) is 2.11. The van der Waals surface area contributed by atoms with E-state index in [4.69, 9.17) is 9.47 Å². The summed E-state index contributed by atoms with van der Waals surface area (Å²) in [5, 5.41) is 0. The summed E-state index contributed by atoms with van der Waals surface area (Å²) < 4.78 is 11.5. The summed E-state index contributed by atoms with van der Waals surface area (Å²) in [5.41, 5.74) is 1.23. The Kier molecular flexibility index (Phi) is 3.32. The van der Waals surface area contributed by atoms with Gasteiger partial charge in [0.05, 0.1) is 24.7 Å². The zero-order valence-corrected chi connectivity index (χ0v) is 14.1. The van der Waals surface area contributed by atoms with E-state index in [1.807, 2.05) is 57.2 Å². The highest BCUT2D eigenvalue weighted by atomic mass is 16.6. The molecule has 0 radical (unpaired) electrons. The van der Waals surface area contributed by atoms with E-state index in [1.165, 1.54) is 0 Å². The lowest BCUT2D eigenvalue weighted by molar-refractivity contribution is -0.156. The van der Waals surface area contributed by atoms with Crippen LogP contribution in [0.5, 0.6) is 0 Å². The lowest BCUT2D eigenvalue weighted by Gasteiger charge is -2.23. The number of hydrogen-bond donors (Lipinski definition) is 0. The number of fused-ring (bicyclic) bond motifs is 1. The number of carbonyl (C=O) groups excluding carboxylic acids is 2. The highest BCUT2D eigenvalue weighted by Gasteiger charge is 2.67. The topological polar surface area (TPSA) is 55.8 Å². The van der Waals surface area contributed by atoms with Crippen molar-refractivity contribution in [2.75, 3.05) is 11.4 Å². The monoisotopic (exact) mass is 327 g/mol. The Morgan fingerprint density at radius 1 is 1.42 bits per heavy atom. The fourth-order valence-electron chi connectivity index (χ4n) is 4.09. The number of hydrogen-bond acceptors (Lipinski definition) is 4. The summed E-state index contributed by atoms with van der Waals surface area (Å²) >= 11 is 0. The zero-order valence-electron chi connectivity index (χ0n) is 14.1. The molecular formula is C19H21NO4. The quantitative estimate of drug-likeness (QED) is 0.631. The minimum absolute atomic E-state index is 0.0573. The first kappa shape index (κ1) is 15.4. The Hall–Kier alpha value is -2.14. The van der Waals surface area contributed by atoms with E-state index in [0.717, 1.165) is 11.3 Å². The molecule has 5 nitrogen and oxygen atoms in total. The first-order valence-electron chi connectivity index (χ1n) is 8.37. The number of esters is 1. The first-order valence-corrected chi connectivity index (χ1v) is 8.37. The van der Waals surface area contributed by atoms with Crippen molar-refractivity contribution in [2.24, 2.45) is 11.8 Å². The normalized spacial score (nSPS) is 33.4. The fourth-order valence-corrected chi connectivity index (χ4v) is 4.09. The summed E-state index contributed by atoms with van der Waals surface area (Å²) in [4.78, 5) is 27.3. The molecule has 1 aromatic rings. The Labute approximate surface area is 141 Å². The van der Waals surface area contributed by atoms with Crippen LogP contribution in [0, 0.1) is 18.8 Å². The van der Waals surface area contributed by atoms with Gasteiger partial charge in [-0.25, -0.2) is 0 Å². The van der Waals surface area contributed by atoms with Gasteiger partial charge in [0, 0.05) is 5.69 Å². The van der Waals surface area contributed by atoms with E-state index in [1.54, 1.807) is 4.90 Å². The number of aryl methyl sites for hydroxylation is 1. The standard InChI is InChI=1S/C19H21NO4/c1-11(2)23-18(22)15-14-7-8-19(24-14)10-20(17(21)16(15)19)13-6-4-5-12(3)9-13/h4-9,11,14-16H,10H2,1-3H3/t14-,15-,16+,19+/m0/s1. The minimum Gasteiger partial charge on any atom is -0.463 e. The molecule has 24 heavy (non-hydrogen) atoms. The number of benzene rings is 1. The van der Waals surface area contributed by atoms with E-state index >= 15 is 0 Å². The molecule has 3 aliphatic rings. The molecule has 4 atom stereocenters. The number of ether oxygens (including phenoxy) is 2. The molecule has 5 heteroatoms. The molecule has 4 rings (SSSR count). The van der Waals surface area contributed by atoms with Crippen molar-refractivity contribution in [1.82, 2.24) is 0 Å².